The zero-order valence-corrected chi connectivity index (χ0v) is 20.7. The molecule has 1 amide bonds. The molecule has 0 radical (unpaired) electrons. The molecule has 8 nitrogen and oxygen atoms in total. The third kappa shape index (κ3) is 6.00. The third-order valence-corrected chi connectivity index (χ3v) is 6.37. The minimum absolute atomic E-state index is 0.182. The largest absolute Gasteiger partial charge is 0.484 e. The van der Waals surface area contributed by atoms with Crippen molar-refractivity contribution in [2.45, 2.75) is 6.54 Å². The lowest BCUT2D eigenvalue weighted by molar-refractivity contribution is -0.118. The van der Waals surface area contributed by atoms with E-state index in [9.17, 15) is 9.59 Å². The Morgan fingerprint density at radius 3 is 2.33 bits per heavy atom. The summed E-state index contributed by atoms with van der Waals surface area (Å²) in [6.45, 7) is 0.523. The van der Waals surface area contributed by atoms with E-state index in [1.807, 2.05) is 48.3 Å². The molecule has 0 atom stereocenters. The fourth-order valence-electron chi connectivity index (χ4n) is 3.59. The average Bonchev–Trinajstić information content (AvgIpc) is 3.37. The Labute approximate surface area is 212 Å². The van der Waals surface area contributed by atoms with Crippen molar-refractivity contribution >= 4 is 34.6 Å². The molecule has 0 unspecified atom stereocenters. The summed E-state index contributed by atoms with van der Waals surface area (Å²) in [6.07, 6.45) is 3.82. The molecule has 0 aliphatic carbocycles. The quantitative estimate of drug-likeness (QED) is 0.290. The number of esters is 1. The van der Waals surface area contributed by atoms with Gasteiger partial charge in [-0.2, -0.15) is 0 Å². The van der Waals surface area contributed by atoms with Gasteiger partial charge in [0.05, 0.1) is 23.8 Å². The lowest BCUT2D eigenvalue weighted by Crippen LogP contribution is -2.21. The number of anilines is 2. The molecule has 0 aliphatic rings. The van der Waals surface area contributed by atoms with Crippen LogP contribution in [-0.4, -0.2) is 37.2 Å². The van der Waals surface area contributed by atoms with Gasteiger partial charge in [-0.25, -0.2) is 4.79 Å². The first-order valence-corrected chi connectivity index (χ1v) is 12.0. The predicted octanol–water partition coefficient (Wildman–Crippen LogP) is 4.59. The Morgan fingerprint density at radius 2 is 1.67 bits per heavy atom. The van der Waals surface area contributed by atoms with E-state index < -0.39 is 5.97 Å². The number of aromatic nitrogens is 1. The van der Waals surface area contributed by atoms with Gasteiger partial charge in [0.15, 0.2) is 6.61 Å². The highest BCUT2D eigenvalue weighted by Crippen LogP contribution is 2.24. The molecule has 2 aromatic heterocycles. The molecule has 3 N–H and O–H groups in total. The maximum atomic E-state index is 12.3. The van der Waals surface area contributed by atoms with Gasteiger partial charge in [0.2, 0.25) is 0 Å². The standard InChI is InChI=1S/C27H26N4O4S/c1-29-24-16-31(13-11-22(24)28)15-18-3-5-19(6-4-18)20-7-9-21(10-8-20)35-17-25(32)30-23-12-14-36-26(23)27(33)34-2/h3-14,16,28-29H,15,17H2,1-2H3,(H,30,32). The molecule has 9 heteroatoms. The van der Waals surface area contributed by atoms with E-state index in [0.717, 1.165) is 22.4 Å². The normalized spacial score (nSPS) is 10.5. The first kappa shape index (κ1) is 24.7. The van der Waals surface area contributed by atoms with Crippen molar-refractivity contribution in [2.24, 2.45) is 0 Å². The van der Waals surface area contributed by atoms with Crippen molar-refractivity contribution in [2.75, 3.05) is 31.4 Å². The molecule has 0 fully saturated rings. The molecule has 2 aromatic carbocycles. The van der Waals surface area contributed by atoms with Crippen molar-refractivity contribution < 1.29 is 19.1 Å². The second-order valence-electron chi connectivity index (χ2n) is 7.91. The Hall–Kier alpha value is -4.37. The van der Waals surface area contributed by atoms with Crippen LogP contribution in [0, 0.1) is 5.41 Å². The van der Waals surface area contributed by atoms with Gasteiger partial charge in [-0.1, -0.05) is 36.4 Å². The maximum Gasteiger partial charge on any atom is 0.350 e. The van der Waals surface area contributed by atoms with Gasteiger partial charge in [-0.05, 0) is 46.3 Å². The lowest BCUT2D eigenvalue weighted by atomic mass is 10.0. The summed E-state index contributed by atoms with van der Waals surface area (Å²) in [6, 6.07) is 19.2. The van der Waals surface area contributed by atoms with E-state index in [-0.39, 0.29) is 12.5 Å². The zero-order valence-electron chi connectivity index (χ0n) is 19.9. The molecule has 184 valence electrons. The number of nitrogens with one attached hydrogen (secondary N) is 3. The van der Waals surface area contributed by atoms with Crippen LogP contribution in [0.5, 0.6) is 5.75 Å². The zero-order chi connectivity index (χ0) is 25.5. The fraction of sp³-hybridized carbons (Fsp3) is 0.148. The van der Waals surface area contributed by atoms with E-state index >= 15 is 0 Å². The summed E-state index contributed by atoms with van der Waals surface area (Å²) in [4.78, 5) is 24.3. The number of benzene rings is 2. The van der Waals surface area contributed by atoms with Crippen molar-refractivity contribution in [1.82, 2.24) is 4.57 Å². The Balaban J connectivity index is 1.33. The highest BCUT2D eigenvalue weighted by Gasteiger charge is 2.15. The topological polar surface area (TPSA) is 105 Å². The average molecular weight is 503 g/mol. The van der Waals surface area contributed by atoms with Gasteiger partial charge in [-0.3, -0.25) is 10.2 Å². The number of ether oxygens (including phenoxy) is 2. The number of pyridine rings is 1. The second kappa shape index (κ2) is 11.4. The Kier molecular flexibility index (Phi) is 7.82. The van der Waals surface area contributed by atoms with Crippen molar-refractivity contribution in [3.63, 3.8) is 0 Å². The van der Waals surface area contributed by atoms with Crippen LogP contribution in [0.25, 0.3) is 11.1 Å². The summed E-state index contributed by atoms with van der Waals surface area (Å²) < 4.78 is 12.4. The number of nitrogens with zero attached hydrogens (tertiary/aromatic N) is 1. The minimum atomic E-state index is -0.491. The van der Waals surface area contributed by atoms with Crippen LogP contribution in [0.15, 0.2) is 78.4 Å². The number of methoxy groups -OCH3 is 1. The van der Waals surface area contributed by atoms with E-state index in [1.165, 1.54) is 18.4 Å². The molecule has 2 heterocycles. The highest BCUT2D eigenvalue weighted by atomic mass is 32.1. The monoisotopic (exact) mass is 502 g/mol. The third-order valence-electron chi connectivity index (χ3n) is 5.47. The van der Waals surface area contributed by atoms with E-state index in [4.69, 9.17) is 14.9 Å². The molecular weight excluding hydrogens is 476 g/mol. The number of thiophene rings is 1. The summed E-state index contributed by atoms with van der Waals surface area (Å²) in [7, 11) is 3.11. The van der Waals surface area contributed by atoms with Gasteiger partial charge in [-0.15, -0.1) is 11.3 Å². The van der Waals surface area contributed by atoms with E-state index in [0.29, 0.717) is 28.2 Å². The van der Waals surface area contributed by atoms with Gasteiger partial charge < -0.3 is 24.7 Å². The molecule has 0 bridgehead atoms. The van der Waals surface area contributed by atoms with Crippen LogP contribution >= 0.6 is 11.3 Å². The van der Waals surface area contributed by atoms with Gasteiger partial charge >= 0.3 is 5.97 Å². The Morgan fingerprint density at radius 1 is 0.972 bits per heavy atom. The van der Waals surface area contributed by atoms with Gasteiger partial charge in [0.1, 0.15) is 10.6 Å². The van der Waals surface area contributed by atoms with Gasteiger partial charge in [0, 0.05) is 26.0 Å². The summed E-state index contributed by atoms with van der Waals surface area (Å²) in [5.74, 6) is -0.289. The molecular formula is C27H26N4O4S. The number of hydrogen-bond acceptors (Lipinski definition) is 7. The van der Waals surface area contributed by atoms with Crippen LogP contribution in [-0.2, 0) is 16.1 Å². The molecule has 4 aromatic rings. The second-order valence-corrected chi connectivity index (χ2v) is 8.82. The molecule has 36 heavy (non-hydrogen) atoms. The van der Waals surface area contributed by atoms with Crippen LogP contribution < -0.4 is 20.7 Å². The van der Waals surface area contributed by atoms with Crippen LogP contribution in [0.3, 0.4) is 0 Å². The number of amides is 1. The summed E-state index contributed by atoms with van der Waals surface area (Å²) >= 11 is 1.20. The van der Waals surface area contributed by atoms with Crippen molar-refractivity contribution in [1.29, 1.82) is 5.41 Å². The van der Waals surface area contributed by atoms with Gasteiger partial charge in [0.25, 0.3) is 5.91 Å². The molecule has 0 saturated carbocycles. The Bertz CT molecular complexity index is 1410. The number of hydrogen-bond donors (Lipinski definition) is 3. The smallest absolute Gasteiger partial charge is 0.350 e. The summed E-state index contributed by atoms with van der Waals surface area (Å²) in [5, 5.41) is 15.8. The minimum Gasteiger partial charge on any atom is -0.484 e. The van der Waals surface area contributed by atoms with Crippen molar-refractivity contribution in [3.05, 3.63) is 94.2 Å². The van der Waals surface area contributed by atoms with E-state index in [2.05, 4.69) is 34.9 Å². The first-order chi connectivity index (χ1) is 17.5. The van der Waals surface area contributed by atoms with Crippen molar-refractivity contribution in [3.8, 4) is 16.9 Å². The fourth-order valence-corrected chi connectivity index (χ4v) is 4.35. The maximum absolute atomic E-state index is 12.3. The molecule has 0 saturated heterocycles. The number of carbonyl (C=O) groups is 2. The lowest BCUT2D eigenvalue weighted by Gasteiger charge is -2.11. The molecule has 0 aliphatic heterocycles. The highest BCUT2D eigenvalue weighted by molar-refractivity contribution is 7.12. The number of rotatable bonds is 9. The number of carbonyl (C=O) groups excluding carboxylic acids is 2. The van der Waals surface area contributed by atoms with E-state index in [1.54, 1.807) is 17.5 Å². The van der Waals surface area contributed by atoms with Crippen LogP contribution in [0.2, 0.25) is 0 Å². The molecule has 0 spiro atoms. The van der Waals surface area contributed by atoms with Crippen LogP contribution in [0.1, 0.15) is 15.2 Å². The predicted molar refractivity (Wildman–Crippen MR) is 141 cm³/mol. The summed E-state index contributed by atoms with van der Waals surface area (Å²) in [5.41, 5.74) is 4.44. The molecule has 4 rings (SSSR count). The SMILES string of the molecule is CNc1cn(Cc2ccc(-c3ccc(OCC(=O)Nc4ccsc4C(=O)OC)cc3)cc2)ccc1=N. The van der Waals surface area contributed by atoms with Crippen LogP contribution in [0.4, 0.5) is 11.4 Å². The first-order valence-electron chi connectivity index (χ1n) is 11.2.